The van der Waals surface area contributed by atoms with Gasteiger partial charge in [0.15, 0.2) is 0 Å². The molecule has 0 aromatic carbocycles. The number of alkyl halides is 3. The first-order valence-electron chi connectivity index (χ1n) is 5.85. The highest BCUT2D eigenvalue weighted by Gasteiger charge is 2.39. The zero-order chi connectivity index (χ0) is 13.5. The van der Waals surface area contributed by atoms with Crippen LogP contribution >= 0.6 is 0 Å². The third-order valence-corrected chi connectivity index (χ3v) is 3.07. The van der Waals surface area contributed by atoms with Crippen LogP contribution in [0.25, 0.3) is 11.3 Å². The highest BCUT2D eigenvalue weighted by molar-refractivity contribution is 5.61. The van der Waals surface area contributed by atoms with Crippen LogP contribution < -0.4 is 5.32 Å². The number of fused-ring (bicyclic) bond motifs is 1. The summed E-state index contributed by atoms with van der Waals surface area (Å²) in [6, 6.07) is 3.40. The quantitative estimate of drug-likeness (QED) is 0.861. The molecule has 0 aliphatic carbocycles. The van der Waals surface area contributed by atoms with Crippen LogP contribution in [0.1, 0.15) is 11.5 Å². The number of nitrogens with zero attached hydrogens (tertiary/aromatic N) is 3. The summed E-state index contributed by atoms with van der Waals surface area (Å²) < 4.78 is 40.2. The molecule has 0 fully saturated rings. The molecule has 2 aromatic heterocycles. The smallest absolute Gasteiger partial charge is 0.321 e. The first-order chi connectivity index (χ1) is 9.07. The van der Waals surface area contributed by atoms with Gasteiger partial charge in [-0.05, 0) is 12.1 Å². The molecule has 0 unspecified atom stereocenters. The first-order valence-corrected chi connectivity index (χ1v) is 5.85. The maximum atomic E-state index is 13.0. The summed E-state index contributed by atoms with van der Waals surface area (Å²) in [5, 5.41) is 3.07. The Morgan fingerprint density at radius 3 is 2.84 bits per heavy atom. The Kier molecular flexibility index (Phi) is 2.78. The van der Waals surface area contributed by atoms with Crippen molar-refractivity contribution in [2.45, 2.75) is 19.3 Å². The number of imidazole rings is 1. The largest absolute Gasteiger partial charge is 0.449 e. The molecule has 0 bridgehead atoms. The molecule has 0 atom stereocenters. The number of halogens is 3. The van der Waals surface area contributed by atoms with E-state index in [9.17, 15) is 13.2 Å². The van der Waals surface area contributed by atoms with Gasteiger partial charge in [-0.15, -0.1) is 0 Å². The van der Waals surface area contributed by atoms with Crippen molar-refractivity contribution in [3.05, 3.63) is 36.0 Å². The van der Waals surface area contributed by atoms with Gasteiger partial charge < -0.3 is 9.88 Å². The van der Waals surface area contributed by atoms with Gasteiger partial charge >= 0.3 is 6.18 Å². The van der Waals surface area contributed by atoms with Crippen LogP contribution in [-0.2, 0) is 19.3 Å². The van der Waals surface area contributed by atoms with Gasteiger partial charge in [0, 0.05) is 37.6 Å². The van der Waals surface area contributed by atoms with Crippen molar-refractivity contribution in [1.29, 1.82) is 0 Å². The summed E-state index contributed by atoms with van der Waals surface area (Å²) in [5.74, 6) is -0.831. The van der Waals surface area contributed by atoms with Crippen LogP contribution in [0.2, 0.25) is 0 Å². The number of hydrogen-bond acceptors (Lipinski definition) is 3. The Labute approximate surface area is 107 Å². The summed E-state index contributed by atoms with van der Waals surface area (Å²) in [5.41, 5.74) is 1.52. The normalized spacial score (nSPS) is 15.3. The second-order valence-electron chi connectivity index (χ2n) is 4.30. The second kappa shape index (κ2) is 4.34. The summed E-state index contributed by atoms with van der Waals surface area (Å²) in [7, 11) is 0. The van der Waals surface area contributed by atoms with Gasteiger partial charge in [0.05, 0.1) is 11.4 Å². The van der Waals surface area contributed by atoms with Gasteiger partial charge in [0.25, 0.3) is 0 Å². The molecule has 1 N–H and O–H groups in total. The zero-order valence-electron chi connectivity index (χ0n) is 9.91. The fourth-order valence-electron chi connectivity index (χ4n) is 2.25. The minimum absolute atomic E-state index is 0.275. The minimum Gasteiger partial charge on any atom is -0.321 e. The molecule has 0 saturated heterocycles. The lowest BCUT2D eigenvalue weighted by atomic mass is 10.1. The molecular formula is C12H11F3N4. The van der Waals surface area contributed by atoms with Gasteiger partial charge in [-0.3, -0.25) is 4.98 Å². The van der Waals surface area contributed by atoms with Gasteiger partial charge in [0.1, 0.15) is 0 Å². The van der Waals surface area contributed by atoms with E-state index in [1.165, 1.54) is 10.8 Å². The van der Waals surface area contributed by atoms with Crippen molar-refractivity contribution in [2.24, 2.45) is 0 Å². The van der Waals surface area contributed by atoms with Crippen molar-refractivity contribution >= 4 is 0 Å². The maximum Gasteiger partial charge on any atom is 0.449 e. The molecule has 3 rings (SSSR count). The van der Waals surface area contributed by atoms with Crippen LogP contribution in [0.4, 0.5) is 13.2 Å². The molecule has 0 amide bonds. The Bertz CT molecular complexity index is 589. The highest BCUT2D eigenvalue weighted by Crippen LogP contribution is 2.34. The number of aromatic nitrogens is 3. The molecule has 0 saturated carbocycles. The summed E-state index contributed by atoms with van der Waals surface area (Å²) in [6.07, 6.45) is -1.33. The molecule has 4 nitrogen and oxygen atoms in total. The number of nitrogens with one attached hydrogen (secondary N) is 1. The molecular weight excluding hydrogens is 257 g/mol. The topological polar surface area (TPSA) is 42.7 Å². The molecule has 100 valence electrons. The van der Waals surface area contributed by atoms with E-state index >= 15 is 0 Å². The van der Waals surface area contributed by atoms with E-state index in [1.54, 1.807) is 18.3 Å². The van der Waals surface area contributed by atoms with Crippen LogP contribution in [0.15, 0.2) is 24.5 Å². The fraction of sp³-hybridized carbons (Fsp3) is 0.333. The van der Waals surface area contributed by atoms with E-state index in [0.29, 0.717) is 30.0 Å². The second-order valence-corrected chi connectivity index (χ2v) is 4.30. The lowest BCUT2D eigenvalue weighted by Crippen LogP contribution is -2.30. The molecule has 1 aliphatic rings. The molecule has 1 aliphatic heterocycles. The number of rotatable bonds is 1. The first kappa shape index (κ1) is 12.2. The maximum absolute atomic E-state index is 13.0. The summed E-state index contributed by atoms with van der Waals surface area (Å²) >= 11 is 0. The summed E-state index contributed by atoms with van der Waals surface area (Å²) in [6.45, 7) is 1.17. The van der Waals surface area contributed by atoms with Crippen molar-refractivity contribution in [3.63, 3.8) is 0 Å². The number of hydrogen-bond donors (Lipinski definition) is 1. The van der Waals surface area contributed by atoms with E-state index < -0.39 is 12.0 Å². The average molecular weight is 268 g/mol. The van der Waals surface area contributed by atoms with Crippen LogP contribution in [0.3, 0.4) is 0 Å². The van der Waals surface area contributed by atoms with E-state index in [1.807, 2.05) is 0 Å². The van der Waals surface area contributed by atoms with Crippen molar-refractivity contribution in [1.82, 2.24) is 19.9 Å². The van der Waals surface area contributed by atoms with Crippen molar-refractivity contribution in [2.75, 3.05) is 6.54 Å². The Balaban J connectivity index is 2.18. The Hall–Kier alpha value is -1.89. The van der Waals surface area contributed by atoms with Crippen molar-refractivity contribution < 1.29 is 13.2 Å². The molecule has 2 aromatic rings. The molecule has 19 heavy (non-hydrogen) atoms. The van der Waals surface area contributed by atoms with Crippen LogP contribution in [0.5, 0.6) is 0 Å². The van der Waals surface area contributed by atoms with E-state index in [4.69, 9.17) is 0 Å². The zero-order valence-corrected chi connectivity index (χ0v) is 9.91. The molecule has 3 heterocycles. The van der Waals surface area contributed by atoms with Gasteiger partial charge in [-0.2, -0.15) is 13.2 Å². The predicted molar refractivity (Wildman–Crippen MR) is 62.2 cm³/mol. The highest BCUT2D eigenvalue weighted by atomic mass is 19.4. The van der Waals surface area contributed by atoms with Gasteiger partial charge in [-0.1, -0.05) is 0 Å². The third-order valence-electron chi connectivity index (χ3n) is 3.07. The van der Waals surface area contributed by atoms with Crippen LogP contribution in [0, 0.1) is 0 Å². The van der Waals surface area contributed by atoms with E-state index in [2.05, 4.69) is 15.3 Å². The SMILES string of the molecule is FC(F)(F)c1nc(-c2cccnc2)c2n1CCNC2. The molecule has 0 spiro atoms. The van der Waals surface area contributed by atoms with E-state index in [-0.39, 0.29) is 6.54 Å². The monoisotopic (exact) mass is 268 g/mol. The van der Waals surface area contributed by atoms with Gasteiger partial charge in [-0.25, -0.2) is 4.98 Å². The minimum atomic E-state index is -4.44. The lowest BCUT2D eigenvalue weighted by molar-refractivity contribution is -0.147. The average Bonchev–Trinajstić information content (AvgIpc) is 2.79. The Morgan fingerprint density at radius 1 is 1.32 bits per heavy atom. The lowest BCUT2D eigenvalue weighted by Gasteiger charge is -2.19. The van der Waals surface area contributed by atoms with Crippen molar-refractivity contribution in [3.8, 4) is 11.3 Å². The standard InChI is InChI=1S/C12H11F3N4/c13-12(14,15)11-18-10(8-2-1-3-16-6-8)9-7-17-4-5-19(9)11/h1-3,6,17H,4-5,7H2. The van der Waals surface area contributed by atoms with Gasteiger partial charge in [0.2, 0.25) is 5.82 Å². The fourth-order valence-corrected chi connectivity index (χ4v) is 2.25. The molecule has 7 heteroatoms. The van der Waals surface area contributed by atoms with Crippen LogP contribution in [-0.4, -0.2) is 21.1 Å². The number of pyridine rings is 1. The predicted octanol–water partition coefficient (Wildman–Crippen LogP) is 2.07. The summed E-state index contributed by atoms with van der Waals surface area (Å²) in [4.78, 5) is 7.72. The third kappa shape index (κ3) is 2.10. The molecule has 0 radical (unpaired) electrons. The Morgan fingerprint density at radius 2 is 2.16 bits per heavy atom. The van der Waals surface area contributed by atoms with E-state index in [0.717, 1.165) is 0 Å².